The Kier molecular flexibility index (Phi) is 3.78. The van der Waals surface area contributed by atoms with Crippen LogP contribution >= 0.6 is 11.3 Å². The number of nitrogens with one attached hydrogen (secondary N) is 1. The second kappa shape index (κ2) is 5.68. The number of piperidine rings is 1. The van der Waals surface area contributed by atoms with Gasteiger partial charge in [-0.1, -0.05) is 0 Å². The first-order valence-electron chi connectivity index (χ1n) is 7.99. The Hall–Kier alpha value is -1.25. The standard InChI is InChI=1S/C15H20N4O2S2/c1-23(20,21)18-10-4-3-7-19(8-10)14-13-11-5-2-6-12(11)22-15(13)17-9-16-14/h9-10,18H,2-8H2,1H3. The van der Waals surface area contributed by atoms with Gasteiger partial charge in [0, 0.05) is 24.0 Å². The minimum Gasteiger partial charge on any atom is -0.354 e. The van der Waals surface area contributed by atoms with Crippen LogP contribution in [0.15, 0.2) is 6.33 Å². The molecule has 2 aliphatic rings. The monoisotopic (exact) mass is 352 g/mol. The summed E-state index contributed by atoms with van der Waals surface area (Å²) < 4.78 is 25.8. The maximum atomic E-state index is 11.5. The molecule has 2 aromatic rings. The number of anilines is 1. The Bertz CT molecular complexity index is 847. The normalized spacial score (nSPS) is 21.8. The van der Waals surface area contributed by atoms with Crippen LogP contribution < -0.4 is 9.62 Å². The van der Waals surface area contributed by atoms with Crippen LogP contribution in [0.5, 0.6) is 0 Å². The summed E-state index contributed by atoms with van der Waals surface area (Å²) in [5.74, 6) is 0.981. The molecule has 1 fully saturated rings. The van der Waals surface area contributed by atoms with E-state index in [-0.39, 0.29) is 6.04 Å². The molecule has 0 aromatic carbocycles. The van der Waals surface area contributed by atoms with Gasteiger partial charge in [-0.05, 0) is 37.7 Å². The van der Waals surface area contributed by atoms with Crippen LogP contribution in [0.3, 0.4) is 0 Å². The van der Waals surface area contributed by atoms with E-state index in [1.165, 1.54) is 28.5 Å². The van der Waals surface area contributed by atoms with Crippen molar-refractivity contribution < 1.29 is 8.42 Å². The largest absolute Gasteiger partial charge is 0.354 e. The minimum atomic E-state index is -3.18. The van der Waals surface area contributed by atoms with Crippen LogP contribution in [0.4, 0.5) is 5.82 Å². The van der Waals surface area contributed by atoms with Gasteiger partial charge in [0.15, 0.2) is 0 Å². The predicted octanol–water partition coefficient (Wildman–Crippen LogP) is 1.70. The third-order valence-electron chi connectivity index (χ3n) is 4.58. The van der Waals surface area contributed by atoms with Crippen molar-refractivity contribution in [3.8, 4) is 0 Å². The average molecular weight is 352 g/mol. The molecule has 1 saturated heterocycles. The number of nitrogens with zero attached hydrogens (tertiary/aromatic N) is 3. The fraction of sp³-hybridized carbons (Fsp3) is 0.600. The van der Waals surface area contributed by atoms with E-state index in [4.69, 9.17) is 0 Å². The second-order valence-corrected chi connectivity index (χ2v) is 9.27. The summed E-state index contributed by atoms with van der Waals surface area (Å²) in [7, 11) is -3.18. The first-order chi connectivity index (χ1) is 11.0. The molecule has 2 aromatic heterocycles. The lowest BCUT2D eigenvalue weighted by Gasteiger charge is -2.34. The number of hydrogen-bond acceptors (Lipinski definition) is 6. The van der Waals surface area contributed by atoms with Crippen LogP contribution in [-0.2, 0) is 22.9 Å². The fourth-order valence-electron chi connectivity index (χ4n) is 3.72. The van der Waals surface area contributed by atoms with Crippen molar-refractivity contribution in [2.45, 2.75) is 38.1 Å². The van der Waals surface area contributed by atoms with Gasteiger partial charge in [0.05, 0.1) is 11.6 Å². The molecule has 1 N–H and O–H groups in total. The predicted molar refractivity (Wildman–Crippen MR) is 92.7 cm³/mol. The first-order valence-corrected chi connectivity index (χ1v) is 10.7. The summed E-state index contributed by atoms with van der Waals surface area (Å²) >= 11 is 1.79. The van der Waals surface area contributed by atoms with Gasteiger partial charge in [-0.2, -0.15) is 0 Å². The fourth-order valence-corrected chi connectivity index (χ4v) is 5.74. The molecule has 0 bridgehead atoms. The molecular weight excluding hydrogens is 332 g/mol. The van der Waals surface area contributed by atoms with Gasteiger partial charge in [-0.25, -0.2) is 23.1 Å². The Morgan fingerprint density at radius 3 is 3.00 bits per heavy atom. The highest BCUT2D eigenvalue weighted by Gasteiger charge is 2.27. The Balaban J connectivity index is 1.69. The number of thiophene rings is 1. The molecule has 3 heterocycles. The zero-order valence-electron chi connectivity index (χ0n) is 13.1. The van der Waals surface area contributed by atoms with E-state index in [0.717, 1.165) is 42.9 Å². The number of aryl methyl sites for hydroxylation is 2. The van der Waals surface area contributed by atoms with E-state index in [1.807, 2.05) is 0 Å². The third-order valence-corrected chi connectivity index (χ3v) is 6.54. The molecule has 23 heavy (non-hydrogen) atoms. The molecule has 0 radical (unpaired) electrons. The minimum absolute atomic E-state index is 0.0459. The van der Waals surface area contributed by atoms with Crippen molar-refractivity contribution in [2.24, 2.45) is 0 Å². The highest BCUT2D eigenvalue weighted by atomic mass is 32.2. The summed E-state index contributed by atoms with van der Waals surface area (Å²) in [4.78, 5) is 13.7. The zero-order chi connectivity index (χ0) is 16.0. The lowest BCUT2D eigenvalue weighted by atomic mass is 10.1. The third kappa shape index (κ3) is 2.95. The van der Waals surface area contributed by atoms with Crippen molar-refractivity contribution in [2.75, 3.05) is 24.2 Å². The molecule has 8 heteroatoms. The van der Waals surface area contributed by atoms with Gasteiger partial charge < -0.3 is 4.90 Å². The number of fused-ring (bicyclic) bond motifs is 3. The van der Waals surface area contributed by atoms with Crippen LogP contribution in [0.1, 0.15) is 29.7 Å². The van der Waals surface area contributed by atoms with Crippen LogP contribution in [-0.4, -0.2) is 43.8 Å². The summed E-state index contributed by atoms with van der Waals surface area (Å²) in [5.41, 5.74) is 1.42. The average Bonchev–Trinajstić information content (AvgIpc) is 3.05. The summed E-state index contributed by atoms with van der Waals surface area (Å²) in [6.07, 6.45) is 8.16. The van der Waals surface area contributed by atoms with E-state index in [0.29, 0.717) is 6.54 Å². The number of hydrogen-bond donors (Lipinski definition) is 1. The topological polar surface area (TPSA) is 75.2 Å². The maximum Gasteiger partial charge on any atom is 0.209 e. The second-order valence-electron chi connectivity index (χ2n) is 6.41. The number of aromatic nitrogens is 2. The smallest absolute Gasteiger partial charge is 0.209 e. The molecule has 0 spiro atoms. The molecular formula is C15H20N4O2S2. The van der Waals surface area contributed by atoms with E-state index < -0.39 is 10.0 Å². The van der Waals surface area contributed by atoms with Gasteiger partial charge in [0.2, 0.25) is 10.0 Å². The lowest BCUT2D eigenvalue weighted by Crippen LogP contribution is -2.47. The molecule has 6 nitrogen and oxygen atoms in total. The molecule has 124 valence electrons. The SMILES string of the molecule is CS(=O)(=O)NC1CCCN(c2ncnc3sc4c(c23)CCC4)C1. The van der Waals surface area contributed by atoms with E-state index >= 15 is 0 Å². The van der Waals surface area contributed by atoms with Crippen LogP contribution in [0, 0.1) is 0 Å². The Labute approximate surface area is 140 Å². The highest BCUT2D eigenvalue weighted by molar-refractivity contribution is 7.88. The molecule has 1 aliphatic heterocycles. The van der Waals surface area contributed by atoms with Crippen molar-refractivity contribution in [3.63, 3.8) is 0 Å². The van der Waals surface area contributed by atoms with Gasteiger partial charge >= 0.3 is 0 Å². The van der Waals surface area contributed by atoms with Gasteiger partial charge in [0.1, 0.15) is 17.0 Å². The molecule has 0 saturated carbocycles. The summed E-state index contributed by atoms with van der Waals surface area (Å²) in [5, 5.41) is 1.20. The number of rotatable bonds is 3. The Morgan fingerprint density at radius 1 is 1.30 bits per heavy atom. The molecule has 0 amide bonds. The van der Waals surface area contributed by atoms with Crippen molar-refractivity contribution in [1.82, 2.24) is 14.7 Å². The van der Waals surface area contributed by atoms with Crippen LogP contribution in [0.25, 0.3) is 10.2 Å². The quantitative estimate of drug-likeness (QED) is 0.910. The summed E-state index contributed by atoms with van der Waals surface area (Å²) in [6, 6.07) is -0.0459. The summed E-state index contributed by atoms with van der Waals surface area (Å²) in [6.45, 7) is 1.59. The van der Waals surface area contributed by atoms with Gasteiger partial charge in [-0.15, -0.1) is 11.3 Å². The van der Waals surface area contributed by atoms with E-state index in [2.05, 4.69) is 19.6 Å². The van der Waals surface area contributed by atoms with Gasteiger partial charge in [0.25, 0.3) is 0 Å². The highest BCUT2D eigenvalue weighted by Crippen LogP contribution is 2.40. The zero-order valence-corrected chi connectivity index (χ0v) is 14.7. The van der Waals surface area contributed by atoms with Crippen molar-refractivity contribution in [3.05, 3.63) is 16.8 Å². The lowest BCUT2D eigenvalue weighted by molar-refractivity contribution is 0.466. The van der Waals surface area contributed by atoms with Crippen LogP contribution in [0.2, 0.25) is 0 Å². The van der Waals surface area contributed by atoms with Gasteiger partial charge in [-0.3, -0.25) is 0 Å². The molecule has 4 rings (SSSR count). The first kappa shape index (κ1) is 15.3. The molecule has 1 atom stereocenters. The maximum absolute atomic E-state index is 11.5. The molecule has 1 aliphatic carbocycles. The van der Waals surface area contributed by atoms with E-state index in [1.54, 1.807) is 17.7 Å². The van der Waals surface area contributed by atoms with E-state index in [9.17, 15) is 8.42 Å². The van der Waals surface area contributed by atoms with Crippen molar-refractivity contribution >= 4 is 37.4 Å². The molecule has 1 unspecified atom stereocenters. The van der Waals surface area contributed by atoms with Crippen molar-refractivity contribution in [1.29, 1.82) is 0 Å². The number of sulfonamides is 1. The Morgan fingerprint density at radius 2 is 2.17 bits per heavy atom.